The average molecular weight is 275 g/mol. The molecule has 1 aromatic rings. The van der Waals surface area contributed by atoms with Gasteiger partial charge in [-0.3, -0.25) is 0 Å². The number of likely N-dealkylation sites (N-methyl/N-ethyl adjacent to an activating group) is 1. The lowest BCUT2D eigenvalue weighted by Crippen LogP contribution is -2.37. The summed E-state index contributed by atoms with van der Waals surface area (Å²) in [5.74, 6) is 0.449. The van der Waals surface area contributed by atoms with Crippen molar-refractivity contribution in [2.45, 2.75) is 18.9 Å². The number of carbonyl (C=O) groups excluding carboxylic acids is 1. The molecule has 1 atom stereocenters. The van der Waals surface area contributed by atoms with Crippen LogP contribution in [0.3, 0.4) is 0 Å². The van der Waals surface area contributed by atoms with E-state index in [0.717, 1.165) is 37.2 Å². The van der Waals surface area contributed by atoms with Gasteiger partial charge in [0, 0.05) is 18.2 Å². The van der Waals surface area contributed by atoms with E-state index in [1.54, 1.807) is 13.2 Å². The molecule has 1 fully saturated rings. The van der Waals surface area contributed by atoms with Crippen molar-refractivity contribution in [3.05, 3.63) is 35.9 Å². The molecule has 0 aliphatic carbocycles. The van der Waals surface area contributed by atoms with Gasteiger partial charge in [-0.25, -0.2) is 4.79 Å². The van der Waals surface area contributed by atoms with Crippen LogP contribution in [0.4, 0.5) is 0 Å². The number of benzene rings is 1. The summed E-state index contributed by atoms with van der Waals surface area (Å²) in [6.45, 7) is 1.89. The lowest BCUT2D eigenvalue weighted by atomic mass is 10.1. The van der Waals surface area contributed by atoms with Gasteiger partial charge in [0.05, 0.1) is 7.11 Å². The Morgan fingerprint density at radius 1 is 1.40 bits per heavy atom. The van der Waals surface area contributed by atoms with E-state index in [1.807, 2.05) is 31.3 Å². The molecule has 2 rings (SSSR count). The molecule has 0 saturated carbocycles. The number of esters is 1. The number of methoxy groups -OCH3 is 1. The van der Waals surface area contributed by atoms with E-state index in [0.29, 0.717) is 0 Å². The molecule has 1 saturated heterocycles. The molecule has 0 unspecified atom stereocenters. The van der Waals surface area contributed by atoms with Gasteiger partial charge in [-0.2, -0.15) is 0 Å². The van der Waals surface area contributed by atoms with Gasteiger partial charge in [-0.15, -0.1) is 0 Å². The molecule has 0 amide bonds. The zero-order chi connectivity index (χ0) is 14.4. The minimum Gasteiger partial charge on any atom is -0.496 e. The summed E-state index contributed by atoms with van der Waals surface area (Å²) in [5.41, 5.74) is 0.868. The molecule has 0 N–H and O–H groups in total. The van der Waals surface area contributed by atoms with Crippen molar-refractivity contribution in [3.63, 3.8) is 0 Å². The summed E-state index contributed by atoms with van der Waals surface area (Å²) < 4.78 is 10.7. The number of hydrogen-bond donors (Lipinski definition) is 0. The third kappa shape index (κ3) is 4.10. The Kier molecular flexibility index (Phi) is 5.18. The number of carbonyl (C=O) groups is 1. The van der Waals surface area contributed by atoms with Gasteiger partial charge < -0.3 is 14.4 Å². The van der Waals surface area contributed by atoms with Crippen LogP contribution in [0.2, 0.25) is 0 Å². The van der Waals surface area contributed by atoms with Crippen molar-refractivity contribution >= 4 is 12.0 Å². The molecule has 4 heteroatoms. The average Bonchev–Trinajstić information content (AvgIpc) is 2.45. The van der Waals surface area contributed by atoms with E-state index < -0.39 is 0 Å². The summed E-state index contributed by atoms with van der Waals surface area (Å²) in [6.07, 6.45) is 5.22. The zero-order valence-corrected chi connectivity index (χ0v) is 12.0. The van der Waals surface area contributed by atoms with Gasteiger partial charge in [-0.1, -0.05) is 18.2 Å². The Balaban J connectivity index is 1.92. The standard InChI is InChI=1S/C16H21NO3/c1-17-11-5-7-14(12-17)20-16(18)10-9-13-6-3-4-8-15(13)19-2/h3-4,6,8-10,14H,5,7,11-12H2,1-2H3/b10-9+/t14-/m1/s1. The Labute approximate surface area is 120 Å². The summed E-state index contributed by atoms with van der Waals surface area (Å²) in [6, 6.07) is 7.56. The Bertz CT molecular complexity index is 484. The van der Waals surface area contributed by atoms with Crippen LogP contribution >= 0.6 is 0 Å². The summed E-state index contributed by atoms with van der Waals surface area (Å²) >= 11 is 0. The van der Waals surface area contributed by atoms with Crippen LogP contribution in [-0.2, 0) is 9.53 Å². The molecular weight excluding hydrogens is 254 g/mol. The van der Waals surface area contributed by atoms with E-state index in [4.69, 9.17) is 9.47 Å². The molecule has 1 aliphatic heterocycles. The van der Waals surface area contributed by atoms with Gasteiger partial charge >= 0.3 is 5.97 Å². The highest BCUT2D eigenvalue weighted by atomic mass is 16.5. The minimum absolute atomic E-state index is 0.00330. The van der Waals surface area contributed by atoms with Crippen LogP contribution in [0.25, 0.3) is 6.08 Å². The second-order valence-electron chi connectivity index (χ2n) is 5.04. The zero-order valence-electron chi connectivity index (χ0n) is 12.0. The lowest BCUT2D eigenvalue weighted by molar-refractivity contribution is -0.145. The van der Waals surface area contributed by atoms with Gasteiger partial charge in [0.1, 0.15) is 11.9 Å². The van der Waals surface area contributed by atoms with Crippen molar-refractivity contribution in [1.82, 2.24) is 4.90 Å². The van der Waals surface area contributed by atoms with Crippen molar-refractivity contribution in [2.75, 3.05) is 27.2 Å². The Morgan fingerprint density at radius 2 is 2.20 bits per heavy atom. The molecule has 1 heterocycles. The normalized spacial score (nSPS) is 20.0. The minimum atomic E-state index is -0.295. The third-order valence-electron chi connectivity index (χ3n) is 3.40. The summed E-state index contributed by atoms with van der Waals surface area (Å²) in [7, 11) is 3.66. The van der Waals surface area contributed by atoms with Crippen LogP contribution < -0.4 is 4.74 Å². The highest BCUT2D eigenvalue weighted by Crippen LogP contribution is 2.19. The lowest BCUT2D eigenvalue weighted by Gasteiger charge is -2.28. The van der Waals surface area contributed by atoms with E-state index >= 15 is 0 Å². The number of piperidine rings is 1. The number of nitrogens with zero attached hydrogens (tertiary/aromatic N) is 1. The second kappa shape index (κ2) is 7.10. The van der Waals surface area contributed by atoms with Gasteiger partial charge in [0.25, 0.3) is 0 Å². The van der Waals surface area contributed by atoms with Gasteiger partial charge in [-0.05, 0) is 38.6 Å². The molecule has 1 aromatic carbocycles. The monoisotopic (exact) mass is 275 g/mol. The largest absolute Gasteiger partial charge is 0.496 e. The third-order valence-corrected chi connectivity index (χ3v) is 3.40. The maximum atomic E-state index is 11.8. The summed E-state index contributed by atoms with van der Waals surface area (Å²) in [5, 5.41) is 0. The molecule has 20 heavy (non-hydrogen) atoms. The predicted octanol–water partition coefficient (Wildman–Crippen LogP) is 2.35. The predicted molar refractivity (Wildman–Crippen MR) is 78.6 cm³/mol. The van der Waals surface area contributed by atoms with Crippen LogP contribution in [0, 0.1) is 0 Å². The number of para-hydroxylation sites is 1. The maximum Gasteiger partial charge on any atom is 0.331 e. The Hall–Kier alpha value is -1.81. The number of rotatable bonds is 4. The van der Waals surface area contributed by atoms with Crippen molar-refractivity contribution in [3.8, 4) is 5.75 Å². The fraction of sp³-hybridized carbons (Fsp3) is 0.438. The van der Waals surface area contributed by atoms with E-state index in [2.05, 4.69) is 4.90 Å². The molecule has 1 aliphatic rings. The highest BCUT2D eigenvalue weighted by Gasteiger charge is 2.19. The molecule has 0 aromatic heterocycles. The van der Waals surface area contributed by atoms with Crippen molar-refractivity contribution < 1.29 is 14.3 Å². The van der Waals surface area contributed by atoms with Crippen LogP contribution in [0.5, 0.6) is 5.75 Å². The molecule has 108 valence electrons. The van der Waals surface area contributed by atoms with Crippen LogP contribution in [0.15, 0.2) is 30.3 Å². The highest BCUT2D eigenvalue weighted by molar-refractivity contribution is 5.87. The molecular formula is C16H21NO3. The molecule has 4 nitrogen and oxygen atoms in total. The first-order valence-corrected chi connectivity index (χ1v) is 6.89. The van der Waals surface area contributed by atoms with Gasteiger partial charge in [0.2, 0.25) is 0 Å². The molecule has 0 bridgehead atoms. The first kappa shape index (κ1) is 14.6. The van der Waals surface area contributed by atoms with E-state index in [-0.39, 0.29) is 12.1 Å². The quantitative estimate of drug-likeness (QED) is 0.624. The van der Waals surface area contributed by atoms with Crippen molar-refractivity contribution in [1.29, 1.82) is 0 Å². The second-order valence-corrected chi connectivity index (χ2v) is 5.04. The molecule has 0 radical (unpaired) electrons. The maximum absolute atomic E-state index is 11.8. The fourth-order valence-electron chi connectivity index (χ4n) is 2.38. The van der Waals surface area contributed by atoms with Crippen LogP contribution in [-0.4, -0.2) is 44.2 Å². The smallest absolute Gasteiger partial charge is 0.331 e. The number of hydrogen-bond acceptors (Lipinski definition) is 4. The van der Waals surface area contributed by atoms with Crippen LogP contribution in [0.1, 0.15) is 18.4 Å². The first-order chi connectivity index (χ1) is 9.69. The van der Waals surface area contributed by atoms with Crippen molar-refractivity contribution in [2.24, 2.45) is 0 Å². The molecule has 0 spiro atoms. The number of likely N-dealkylation sites (tertiary alicyclic amines) is 1. The van der Waals surface area contributed by atoms with E-state index in [1.165, 1.54) is 6.08 Å². The fourth-order valence-corrected chi connectivity index (χ4v) is 2.38. The first-order valence-electron chi connectivity index (χ1n) is 6.89. The van der Waals surface area contributed by atoms with Gasteiger partial charge in [0.15, 0.2) is 0 Å². The Morgan fingerprint density at radius 3 is 2.95 bits per heavy atom. The van der Waals surface area contributed by atoms with E-state index in [9.17, 15) is 4.79 Å². The number of ether oxygens (including phenoxy) is 2. The topological polar surface area (TPSA) is 38.8 Å². The summed E-state index contributed by atoms with van der Waals surface area (Å²) in [4.78, 5) is 14.0. The SMILES string of the molecule is COc1ccccc1/C=C/C(=O)O[C@@H]1CCCN(C)C1.